The number of nitrogens with zero attached hydrogens (tertiary/aromatic N) is 1. The van der Waals surface area contributed by atoms with Gasteiger partial charge in [-0.15, -0.1) is 0 Å². The van der Waals surface area contributed by atoms with E-state index in [9.17, 15) is 0 Å². The molecule has 0 spiro atoms. The van der Waals surface area contributed by atoms with Gasteiger partial charge < -0.3 is 0 Å². The predicted molar refractivity (Wildman–Crippen MR) is 43.1 cm³/mol. The van der Waals surface area contributed by atoms with Crippen LogP contribution in [0.3, 0.4) is 0 Å². The van der Waals surface area contributed by atoms with Crippen molar-refractivity contribution in [2.24, 2.45) is 4.90 Å². The topological polar surface area (TPSA) is 40.0 Å². The molecule has 0 saturated carbocycles. The number of ether oxygens (including phenoxy) is 3. The molecule has 0 unspecified atom stereocenters. The van der Waals surface area contributed by atoms with Crippen LogP contribution in [0.2, 0.25) is 0 Å². The van der Waals surface area contributed by atoms with Gasteiger partial charge in [0.2, 0.25) is 0 Å². The third-order valence-electron chi connectivity index (χ3n) is 0.986. The molecule has 0 fully saturated rings. The molecule has 5 heteroatoms. The minimum absolute atomic E-state index is 0.341. The molecule has 0 aliphatic rings. The first kappa shape index (κ1) is 10.7. The van der Waals surface area contributed by atoms with Crippen molar-refractivity contribution in [3.05, 3.63) is 0 Å². The van der Waals surface area contributed by atoms with E-state index >= 15 is 0 Å². The second kappa shape index (κ2) is 9.74. The quantitative estimate of drug-likeness (QED) is 0.360. The first-order chi connectivity index (χ1) is 5.41. The predicted octanol–water partition coefficient (Wildman–Crippen LogP) is -0.292. The first-order valence-electron chi connectivity index (χ1n) is 3.48. The molecule has 64 valence electrons. The maximum absolute atomic E-state index is 5.11. The second-order valence-electron chi connectivity index (χ2n) is 1.87. The van der Waals surface area contributed by atoms with Gasteiger partial charge in [-0.25, -0.2) is 0 Å². The van der Waals surface area contributed by atoms with E-state index in [1.54, 1.807) is 7.11 Å². The van der Waals surface area contributed by atoms with Gasteiger partial charge in [0.25, 0.3) is 0 Å². The monoisotopic (exact) mass is 159 g/mol. The van der Waals surface area contributed by atoms with Crippen molar-refractivity contribution in [2.75, 3.05) is 40.3 Å². The molecule has 0 aromatic rings. The van der Waals surface area contributed by atoms with Crippen LogP contribution in [0.25, 0.3) is 0 Å². The van der Waals surface area contributed by atoms with Gasteiger partial charge in [0.1, 0.15) is 0 Å². The number of hydrogen-bond donors (Lipinski definition) is 0. The van der Waals surface area contributed by atoms with Gasteiger partial charge >= 0.3 is 67.0 Å². The van der Waals surface area contributed by atoms with Crippen LogP contribution in [0.15, 0.2) is 4.90 Å². The summed E-state index contributed by atoms with van der Waals surface area (Å²) in [5.41, 5.74) is 0. The van der Waals surface area contributed by atoms with Crippen LogP contribution in [0.5, 0.6) is 0 Å². The Morgan fingerprint density at radius 2 is 1.73 bits per heavy atom. The summed E-state index contributed by atoms with van der Waals surface area (Å²) >= 11 is 0. The Labute approximate surface area is 68.0 Å². The Bertz CT molecular complexity index is 91.9. The molecule has 0 rings (SSSR count). The van der Waals surface area contributed by atoms with Crippen molar-refractivity contribution in [1.82, 2.24) is 0 Å². The fourth-order valence-electron chi connectivity index (χ4n) is 0.491. The Morgan fingerprint density at radius 3 is 2.36 bits per heavy atom. The van der Waals surface area contributed by atoms with Crippen LogP contribution in [-0.4, -0.2) is 47.9 Å². The van der Waals surface area contributed by atoms with Gasteiger partial charge in [-0.2, -0.15) is 0 Å². The van der Waals surface area contributed by atoms with E-state index in [0.717, 1.165) is 0 Å². The van der Waals surface area contributed by atoms with E-state index in [1.165, 1.54) is 0 Å². The number of methoxy groups -OCH3 is 1. The molecule has 0 bridgehead atoms. The molecule has 0 aromatic carbocycles. The van der Waals surface area contributed by atoms with E-state index in [0.29, 0.717) is 33.2 Å². The van der Waals surface area contributed by atoms with Crippen LogP contribution in [0.4, 0.5) is 0 Å². The van der Waals surface area contributed by atoms with Crippen molar-refractivity contribution in [1.29, 1.82) is 0 Å². The third kappa shape index (κ3) is 9.74. The van der Waals surface area contributed by atoms with Crippen LogP contribution < -0.4 is 0 Å². The van der Waals surface area contributed by atoms with Gasteiger partial charge in [-0.3, -0.25) is 0 Å². The summed E-state index contributed by atoms with van der Waals surface area (Å²) < 4.78 is 14.9. The third-order valence-corrected chi connectivity index (χ3v) is 0.986. The summed E-state index contributed by atoms with van der Waals surface area (Å²) in [5.74, 6) is 0. The number of hydrogen-bond acceptors (Lipinski definition) is 4. The molecular formula is C6H14BNO3. The zero-order valence-electron chi connectivity index (χ0n) is 6.91. The molecule has 4 nitrogen and oxygen atoms in total. The molecule has 11 heavy (non-hydrogen) atoms. The Balaban J connectivity index is 2.74. The first-order valence-corrected chi connectivity index (χ1v) is 3.48. The fraction of sp³-hybridized carbons (Fsp3) is 1.00. The average Bonchev–Trinajstić information content (AvgIpc) is 2.03. The summed E-state index contributed by atoms with van der Waals surface area (Å²) in [4.78, 5) is 3.52. The van der Waals surface area contributed by atoms with E-state index in [1.807, 2.05) is 0 Å². The van der Waals surface area contributed by atoms with Crippen molar-refractivity contribution in [2.45, 2.75) is 0 Å². The summed E-state index contributed by atoms with van der Waals surface area (Å²) in [6, 6.07) is 0. The van der Waals surface area contributed by atoms with Crippen molar-refractivity contribution in [3.8, 4) is 0 Å². The van der Waals surface area contributed by atoms with E-state index in [4.69, 9.17) is 14.2 Å². The summed E-state index contributed by atoms with van der Waals surface area (Å²) in [5, 5.41) is 0. The zero-order chi connectivity index (χ0) is 8.36. The molecule has 0 radical (unpaired) electrons. The molecule has 0 N–H and O–H groups in total. The SMILES string of the molecule is B=NCOCCOCCOC. The molecule has 0 saturated heterocycles. The molecule has 0 amide bonds. The Hall–Kier alpha value is -0.255. The molecule has 0 aromatic heterocycles. The summed E-state index contributed by atoms with van der Waals surface area (Å²) in [6.45, 7) is 2.72. The average molecular weight is 159 g/mol. The van der Waals surface area contributed by atoms with Crippen LogP contribution in [0, 0.1) is 0 Å². The molecule has 0 aliphatic heterocycles. The molecule has 0 aliphatic carbocycles. The standard InChI is InChI=1S/C6H14BNO3/c1-9-2-3-10-4-5-11-6-8-7/h7H,2-6H2,1H3. The van der Waals surface area contributed by atoms with E-state index < -0.39 is 0 Å². The normalized spacial score (nSPS) is 9.82. The van der Waals surface area contributed by atoms with Gasteiger partial charge in [0, 0.05) is 0 Å². The van der Waals surface area contributed by atoms with Gasteiger partial charge in [0.05, 0.1) is 0 Å². The minimum atomic E-state index is 0.341. The second-order valence-corrected chi connectivity index (χ2v) is 1.87. The van der Waals surface area contributed by atoms with E-state index in [-0.39, 0.29) is 0 Å². The van der Waals surface area contributed by atoms with Gasteiger partial charge in [-0.05, 0) is 0 Å². The number of rotatable bonds is 8. The van der Waals surface area contributed by atoms with Crippen LogP contribution >= 0.6 is 0 Å². The van der Waals surface area contributed by atoms with Gasteiger partial charge in [0.15, 0.2) is 0 Å². The Morgan fingerprint density at radius 1 is 1.09 bits per heavy atom. The van der Waals surface area contributed by atoms with Gasteiger partial charge in [-0.1, -0.05) is 0 Å². The van der Waals surface area contributed by atoms with Crippen molar-refractivity contribution >= 4 is 7.64 Å². The van der Waals surface area contributed by atoms with Crippen molar-refractivity contribution < 1.29 is 14.2 Å². The summed E-state index contributed by atoms with van der Waals surface area (Å²) in [6.07, 6.45) is 0. The molecule has 0 atom stereocenters. The zero-order valence-corrected chi connectivity index (χ0v) is 6.91. The van der Waals surface area contributed by atoms with Crippen LogP contribution in [-0.2, 0) is 14.2 Å². The molecular weight excluding hydrogens is 145 g/mol. The van der Waals surface area contributed by atoms with E-state index in [2.05, 4.69) is 12.5 Å². The Kier molecular flexibility index (Phi) is 9.52. The molecule has 0 heterocycles. The summed E-state index contributed by atoms with van der Waals surface area (Å²) in [7, 11) is 4.91. The maximum atomic E-state index is 5.11. The van der Waals surface area contributed by atoms with Crippen molar-refractivity contribution in [3.63, 3.8) is 0 Å². The fourth-order valence-corrected chi connectivity index (χ4v) is 0.491. The van der Waals surface area contributed by atoms with Crippen LogP contribution in [0.1, 0.15) is 0 Å².